The number of pyridine rings is 1. The number of carbonyl (C=O) groups excluding carboxylic acids is 1. The van der Waals surface area contributed by atoms with Crippen LogP contribution in [0.25, 0.3) is 21.9 Å². The van der Waals surface area contributed by atoms with Crippen molar-refractivity contribution in [3.63, 3.8) is 0 Å². The van der Waals surface area contributed by atoms with Crippen LogP contribution in [0.4, 0.5) is 0 Å². The third kappa shape index (κ3) is 3.36. The van der Waals surface area contributed by atoms with E-state index >= 15 is 0 Å². The molecule has 0 atom stereocenters. The Balaban J connectivity index is 1.74. The Morgan fingerprint density at radius 1 is 1.03 bits per heavy atom. The van der Waals surface area contributed by atoms with Gasteiger partial charge in [0.1, 0.15) is 12.2 Å². The van der Waals surface area contributed by atoms with Crippen LogP contribution in [-0.4, -0.2) is 11.0 Å². The van der Waals surface area contributed by atoms with Gasteiger partial charge in [-0.05, 0) is 49.9 Å². The fourth-order valence-electron chi connectivity index (χ4n) is 3.82. The number of aryl methyl sites for hydroxylation is 3. The Morgan fingerprint density at radius 3 is 2.57 bits per heavy atom. The highest BCUT2D eigenvalue weighted by atomic mass is 16.5. The van der Waals surface area contributed by atoms with Gasteiger partial charge < -0.3 is 9.15 Å². The number of para-hydroxylation sites is 1. The van der Waals surface area contributed by atoms with E-state index in [-0.39, 0.29) is 6.61 Å². The van der Waals surface area contributed by atoms with Crippen molar-refractivity contribution in [2.24, 2.45) is 0 Å². The number of hydrogen-bond donors (Lipinski definition) is 0. The number of carbonyl (C=O) groups is 1. The summed E-state index contributed by atoms with van der Waals surface area (Å²) < 4.78 is 11.1. The van der Waals surface area contributed by atoms with Crippen LogP contribution < -0.4 is 5.63 Å². The summed E-state index contributed by atoms with van der Waals surface area (Å²) in [6.45, 7) is 7.77. The Labute approximate surface area is 174 Å². The number of hydrogen-bond acceptors (Lipinski definition) is 5. The van der Waals surface area contributed by atoms with Crippen molar-refractivity contribution in [2.75, 3.05) is 0 Å². The summed E-state index contributed by atoms with van der Waals surface area (Å²) in [5.74, 6) is -0.425. The first kappa shape index (κ1) is 19.8. The molecular weight excluding hydrogens is 378 g/mol. The fourth-order valence-corrected chi connectivity index (χ4v) is 3.82. The SMILES string of the molecule is CCc1nc2ccccc2c(C(=O)OCc2cc(=O)oc3c(C)c(C)ccc23)c1C. The normalized spacial score (nSPS) is 11.2. The van der Waals surface area contributed by atoms with Crippen LogP contribution in [-0.2, 0) is 17.8 Å². The largest absolute Gasteiger partial charge is 0.457 e. The molecule has 0 N–H and O–H groups in total. The molecular formula is C25H23NO4. The van der Waals surface area contributed by atoms with E-state index in [2.05, 4.69) is 4.98 Å². The molecule has 4 aromatic rings. The maximum Gasteiger partial charge on any atom is 0.339 e. The predicted octanol–water partition coefficient (Wildman–Crippen LogP) is 5.19. The highest BCUT2D eigenvalue weighted by Crippen LogP contribution is 2.26. The summed E-state index contributed by atoms with van der Waals surface area (Å²) in [6, 6.07) is 12.8. The molecule has 0 aliphatic heterocycles. The molecule has 0 radical (unpaired) electrons. The van der Waals surface area contributed by atoms with Crippen LogP contribution in [0.15, 0.2) is 51.7 Å². The minimum atomic E-state index is -0.457. The molecule has 0 fully saturated rings. The molecule has 0 aliphatic carbocycles. The number of esters is 1. The summed E-state index contributed by atoms with van der Waals surface area (Å²) >= 11 is 0. The van der Waals surface area contributed by atoms with Gasteiger partial charge in [-0.15, -0.1) is 0 Å². The van der Waals surface area contributed by atoms with E-state index in [1.54, 1.807) is 0 Å². The van der Waals surface area contributed by atoms with E-state index in [0.717, 1.165) is 45.1 Å². The maximum atomic E-state index is 13.1. The lowest BCUT2D eigenvalue weighted by molar-refractivity contribution is 0.0475. The van der Waals surface area contributed by atoms with Gasteiger partial charge in [-0.2, -0.15) is 0 Å². The molecule has 152 valence electrons. The number of nitrogens with zero attached hydrogens (tertiary/aromatic N) is 1. The van der Waals surface area contributed by atoms with Gasteiger partial charge in [-0.25, -0.2) is 9.59 Å². The Morgan fingerprint density at radius 2 is 1.80 bits per heavy atom. The maximum absolute atomic E-state index is 13.1. The zero-order valence-electron chi connectivity index (χ0n) is 17.5. The summed E-state index contributed by atoms with van der Waals surface area (Å²) in [4.78, 5) is 29.9. The smallest absolute Gasteiger partial charge is 0.339 e. The van der Waals surface area contributed by atoms with E-state index in [1.165, 1.54) is 6.07 Å². The summed E-state index contributed by atoms with van der Waals surface area (Å²) in [6.07, 6.45) is 0.722. The van der Waals surface area contributed by atoms with Gasteiger partial charge in [-0.3, -0.25) is 4.98 Å². The zero-order chi connectivity index (χ0) is 21.4. The highest BCUT2D eigenvalue weighted by molar-refractivity contribution is 6.05. The molecule has 0 saturated carbocycles. The number of benzene rings is 2. The zero-order valence-corrected chi connectivity index (χ0v) is 17.5. The van der Waals surface area contributed by atoms with Crippen LogP contribution in [0.5, 0.6) is 0 Å². The van der Waals surface area contributed by atoms with Crippen LogP contribution in [0, 0.1) is 20.8 Å². The van der Waals surface area contributed by atoms with Crippen LogP contribution >= 0.6 is 0 Å². The highest BCUT2D eigenvalue weighted by Gasteiger charge is 2.19. The quantitative estimate of drug-likeness (QED) is 0.348. The molecule has 5 heteroatoms. The van der Waals surface area contributed by atoms with Gasteiger partial charge in [0.2, 0.25) is 0 Å². The van der Waals surface area contributed by atoms with Crippen molar-refractivity contribution >= 4 is 27.8 Å². The molecule has 0 amide bonds. The molecule has 2 heterocycles. The molecule has 2 aromatic carbocycles. The topological polar surface area (TPSA) is 69.4 Å². The Bertz CT molecular complexity index is 1350. The van der Waals surface area contributed by atoms with Crippen LogP contribution in [0.3, 0.4) is 0 Å². The summed E-state index contributed by atoms with van der Waals surface area (Å²) in [5, 5.41) is 1.54. The van der Waals surface area contributed by atoms with E-state index in [4.69, 9.17) is 9.15 Å². The molecule has 2 aromatic heterocycles. The molecule has 0 spiro atoms. The summed E-state index contributed by atoms with van der Waals surface area (Å²) in [5.41, 5.74) is 5.63. The van der Waals surface area contributed by atoms with E-state index in [9.17, 15) is 9.59 Å². The van der Waals surface area contributed by atoms with Gasteiger partial charge in [0.05, 0.1) is 11.1 Å². The Kier molecular flexibility index (Phi) is 5.12. The van der Waals surface area contributed by atoms with Crippen molar-refractivity contribution in [3.8, 4) is 0 Å². The first-order valence-corrected chi connectivity index (χ1v) is 9.99. The number of aromatic nitrogens is 1. The van der Waals surface area contributed by atoms with E-state index < -0.39 is 11.6 Å². The lowest BCUT2D eigenvalue weighted by Gasteiger charge is -2.14. The first-order chi connectivity index (χ1) is 14.4. The van der Waals surface area contributed by atoms with Crippen molar-refractivity contribution in [1.82, 2.24) is 4.98 Å². The third-order valence-corrected chi connectivity index (χ3v) is 5.65. The fraction of sp³-hybridized carbons (Fsp3) is 0.240. The predicted molar refractivity (Wildman–Crippen MR) is 117 cm³/mol. The second-order valence-corrected chi connectivity index (χ2v) is 7.48. The molecule has 0 unspecified atom stereocenters. The molecule has 0 saturated heterocycles. The van der Waals surface area contributed by atoms with Gasteiger partial charge in [0.15, 0.2) is 0 Å². The molecule has 0 aliphatic rings. The van der Waals surface area contributed by atoms with Gasteiger partial charge in [0, 0.05) is 28.1 Å². The Hall–Kier alpha value is -3.47. The van der Waals surface area contributed by atoms with E-state index in [1.807, 2.05) is 64.1 Å². The molecule has 0 bridgehead atoms. The van der Waals surface area contributed by atoms with Crippen LogP contribution in [0.2, 0.25) is 0 Å². The minimum absolute atomic E-state index is 0.0129. The molecule has 30 heavy (non-hydrogen) atoms. The van der Waals surface area contributed by atoms with Crippen molar-refractivity contribution < 1.29 is 13.9 Å². The number of ether oxygens (including phenoxy) is 1. The average Bonchev–Trinajstić information content (AvgIpc) is 2.74. The lowest BCUT2D eigenvalue weighted by atomic mass is 10.0. The second kappa shape index (κ2) is 7.75. The molecule has 4 rings (SSSR count). The van der Waals surface area contributed by atoms with E-state index in [0.29, 0.717) is 16.7 Å². The first-order valence-electron chi connectivity index (χ1n) is 9.99. The monoisotopic (exact) mass is 401 g/mol. The van der Waals surface area contributed by atoms with Gasteiger partial charge in [-0.1, -0.05) is 37.3 Å². The average molecular weight is 401 g/mol. The standard InChI is InChI=1S/C25H23NO4/c1-5-20-16(4)23(19-8-6-7-9-21(19)26-20)25(28)29-13-17-12-22(27)30-24-15(3)14(2)10-11-18(17)24/h6-12H,5,13H2,1-4H3. The lowest BCUT2D eigenvalue weighted by Crippen LogP contribution is -2.12. The van der Waals surface area contributed by atoms with Crippen LogP contribution in [0.1, 0.15) is 45.2 Å². The minimum Gasteiger partial charge on any atom is -0.457 e. The second-order valence-electron chi connectivity index (χ2n) is 7.48. The number of fused-ring (bicyclic) bond motifs is 2. The van der Waals surface area contributed by atoms with Gasteiger partial charge in [0.25, 0.3) is 0 Å². The summed E-state index contributed by atoms with van der Waals surface area (Å²) in [7, 11) is 0. The number of rotatable bonds is 4. The molecule has 5 nitrogen and oxygen atoms in total. The van der Waals surface area contributed by atoms with Crippen molar-refractivity contribution in [3.05, 3.63) is 86.4 Å². The van der Waals surface area contributed by atoms with Crippen molar-refractivity contribution in [1.29, 1.82) is 0 Å². The van der Waals surface area contributed by atoms with Gasteiger partial charge >= 0.3 is 11.6 Å². The van der Waals surface area contributed by atoms with Crippen molar-refractivity contribution in [2.45, 2.75) is 40.7 Å². The third-order valence-electron chi connectivity index (χ3n) is 5.65.